The van der Waals surface area contributed by atoms with Gasteiger partial charge < -0.3 is 25.2 Å². The van der Waals surface area contributed by atoms with Gasteiger partial charge in [0.05, 0.1) is 17.5 Å². The lowest BCUT2D eigenvalue weighted by molar-refractivity contribution is 0.145. The van der Waals surface area contributed by atoms with Gasteiger partial charge in [-0.15, -0.1) is 11.3 Å². The number of methoxy groups -OCH3 is 1. The number of nitrogens with one attached hydrogen (secondary N) is 2. The largest absolute Gasteiger partial charge is 0.491 e. The fourth-order valence-electron chi connectivity index (χ4n) is 2.47. The number of hydrogen-bond donors (Lipinski definition) is 3. The number of benzene rings is 1. The lowest BCUT2D eigenvalue weighted by Gasteiger charge is -2.15. The van der Waals surface area contributed by atoms with Gasteiger partial charge in [0.15, 0.2) is 5.96 Å². The van der Waals surface area contributed by atoms with E-state index in [4.69, 9.17) is 21.1 Å². The number of aryl methyl sites for hydroxylation is 1. The summed E-state index contributed by atoms with van der Waals surface area (Å²) in [6, 6.07) is 9.68. The summed E-state index contributed by atoms with van der Waals surface area (Å²) in [7, 11) is 1.65. The van der Waals surface area contributed by atoms with E-state index in [2.05, 4.69) is 15.6 Å². The summed E-state index contributed by atoms with van der Waals surface area (Å²) in [6.07, 6.45) is -0.645. The Morgan fingerprint density at radius 2 is 2.07 bits per heavy atom. The van der Waals surface area contributed by atoms with Crippen molar-refractivity contribution >= 4 is 28.9 Å². The summed E-state index contributed by atoms with van der Waals surface area (Å²) in [5.74, 6) is 1.44. The fourth-order valence-corrected chi connectivity index (χ4v) is 3.52. The van der Waals surface area contributed by atoms with E-state index in [1.54, 1.807) is 13.2 Å². The molecule has 3 N–H and O–H groups in total. The van der Waals surface area contributed by atoms with Gasteiger partial charge >= 0.3 is 0 Å². The maximum absolute atomic E-state index is 10.3. The second-order valence-electron chi connectivity index (χ2n) is 6.19. The number of thiophene rings is 1. The third-order valence-electron chi connectivity index (χ3n) is 3.90. The van der Waals surface area contributed by atoms with Crippen LogP contribution in [0.5, 0.6) is 5.75 Å². The molecular formula is C20H28ClN3O3S. The Kier molecular flexibility index (Phi) is 9.57. The van der Waals surface area contributed by atoms with Crippen molar-refractivity contribution in [2.75, 3.05) is 33.4 Å². The van der Waals surface area contributed by atoms with Crippen molar-refractivity contribution in [2.24, 2.45) is 4.99 Å². The molecule has 2 rings (SSSR count). The molecule has 0 radical (unpaired) electrons. The number of ether oxygens (including phenoxy) is 2. The predicted octanol–water partition coefficient (Wildman–Crippen LogP) is 3.52. The standard InChI is InChI=1S/C20H28ClN3O3S/c1-4-22-20(24-13-16(25)18-7-8-19(21)28-18)23-12-15-6-5-14(2)11-17(15)27-10-9-26-3/h5-8,11,16,25H,4,9-10,12-13H2,1-3H3,(H2,22,23,24). The Labute approximate surface area is 175 Å². The number of aliphatic hydroxyl groups excluding tert-OH is 1. The molecule has 1 heterocycles. The molecule has 0 saturated heterocycles. The first-order valence-corrected chi connectivity index (χ1v) is 10.4. The maximum Gasteiger partial charge on any atom is 0.191 e. The highest BCUT2D eigenvalue weighted by atomic mass is 35.5. The van der Waals surface area contributed by atoms with Crippen molar-refractivity contribution in [3.05, 3.63) is 50.7 Å². The van der Waals surface area contributed by atoms with Crippen LogP contribution >= 0.6 is 22.9 Å². The monoisotopic (exact) mass is 425 g/mol. The summed E-state index contributed by atoms with van der Waals surface area (Å²) in [5, 5.41) is 16.7. The molecule has 1 atom stereocenters. The second-order valence-corrected chi connectivity index (χ2v) is 7.93. The molecule has 0 fully saturated rings. The molecule has 0 aliphatic rings. The molecule has 154 valence electrons. The van der Waals surface area contributed by atoms with Gasteiger partial charge in [-0.2, -0.15) is 0 Å². The van der Waals surface area contributed by atoms with Crippen LogP contribution in [0.4, 0.5) is 0 Å². The van der Waals surface area contributed by atoms with Crippen LogP contribution in [0.3, 0.4) is 0 Å². The maximum atomic E-state index is 10.3. The number of nitrogens with zero attached hydrogens (tertiary/aromatic N) is 1. The van der Waals surface area contributed by atoms with Gasteiger partial charge in [0.1, 0.15) is 18.5 Å². The first kappa shape index (κ1) is 22.5. The third kappa shape index (κ3) is 7.31. The molecule has 0 bridgehead atoms. The lowest BCUT2D eigenvalue weighted by Crippen LogP contribution is -2.39. The van der Waals surface area contributed by atoms with Gasteiger partial charge in [0.2, 0.25) is 0 Å². The number of rotatable bonds is 10. The average molecular weight is 426 g/mol. The molecule has 1 aromatic carbocycles. The summed E-state index contributed by atoms with van der Waals surface area (Å²) in [6.45, 7) is 6.57. The SMILES string of the molecule is CCNC(=NCc1ccc(C)cc1OCCOC)NCC(O)c1ccc(Cl)s1. The molecule has 2 aromatic rings. The van der Waals surface area contributed by atoms with Crippen molar-refractivity contribution in [1.82, 2.24) is 10.6 Å². The lowest BCUT2D eigenvalue weighted by atomic mass is 10.1. The Morgan fingerprint density at radius 1 is 1.25 bits per heavy atom. The minimum Gasteiger partial charge on any atom is -0.491 e. The van der Waals surface area contributed by atoms with Crippen LogP contribution in [-0.4, -0.2) is 44.5 Å². The molecule has 0 spiro atoms. The van der Waals surface area contributed by atoms with Gasteiger partial charge in [0.25, 0.3) is 0 Å². The first-order chi connectivity index (χ1) is 13.5. The fraction of sp³-hybridized carbons (Fsp3) is 0.450. The Morgan fingerprint density at radius 3 is 2.75 bits per heavy atom. The van der Waals surface area contributed by atoms with Crippen LogP contribution in [0.2, 0.25) is 4.34 Å². The Hall–Kier alpha value is -1.80. The van der Waals surface area contributed by atoms with Crippen LogP contribution in [-0.2, 0) is 11.3 Å². The molecule has 6 nitrogen and oxygen atoms in total. The summed E-state index contributed by atoms with van der Waals surface area (Å²) >= 11 is 7.31. The molecule has 0 aliphatic carbocycles. The van der Waals surface area contributed by atoms with E-state index in [0.717, 1.165) is 28.3 Å². The van der Waals surface area contributed by atoms with Gasteiger partial charge in [-0.3, -0.25) is 0 Å². The molecule has 8 heteroatoms. The van der Waals surface area contributed by atoms with Gasteiger partial charge in [-0.25, -0.2) is 4.99 Å². The predicted molar refractivity (Wildman–Crippen MR) is 116 cm³/mol. The number of aliphatic imine (C=N–C) groups is 1. The number of hydrogen-bond acceptors (Lipinski definition) is 5. The van der Waals surface area contributed by atoms with E-state index >= 15 is 0 Å². The van der Waals surface area contributed by atoms with Crippen molar-refractivity contribution in [3.63, 3.8) is 0 Å². The molecule has 0 aliphatic heterocycles. The van der Waals surface area contributed by atoms with E-state index in [1.807, 2.05) is 38.1 Å². The summed E-state index contributed by atoms with van der Waals surface area (Å²) in [4.78, 5) is 5.44. The summed E-state index contributed by atoms with van der Waals surface area (Å²) < 4.78 is 11.5. The Balaban J connectivity index is 2.01. The number of guanidine groups is 1. The van der Waals surface area contributed by atoms with Gasteiger partial charge in [-0.1, -0.05) is 23.7 Å². The highest BCUT2D eigenvalue weighted by molar-refractivity contribution is 7.16. The molecule has 0 saturated carbocycles. The van der Waals surface area contributed by atoms with E-state index in [-0.39, 0.29) is 0 Å². The van der Waals surface area contributed by atoms with Crippen LogP contribution in [0.15, 0.2) is 35.3 Å². The van der Waals surface area contributed by atoms with Crippen LogP contribution in [0, 0.1) is 6.92 Å². The van der Waals surface area contributed by atoms with Gasteiger partial charge in [0, 0.05) is 30.6 Å². The van der Waals surface area contributed by atoms with Crippen LogP contribution < -0.4 is 15.4 Å². The topological polar surface area (TPSA) is 75.1 Å². The molecule has 28 heavy (non-hydrogen) atoms. The number of halogens is 1. The molecule has 1 unspecified atom stereocenters. The molecule has 1 aromatic heterocycles. The van der Waals surface area contributed by atoms with Crippen LogP contribution in [0.25, 0.3) is 0 Å². The van der Waals surface area contributed by atoms with E-state index in [0.29, 0.717) is 36.6 Å². The second kappa shape index (κ2) is 11.9. The zero-order chi connectivity index (χ0) is 20.4. The normalized spacial score (nSPS) is 12.7. The van der Waals surface area contributed by atoms with Gasteiger partial charge in [-0.05, 0) is 37.6 Å². The average Bonchev–Trinajstić information content (AvgIpc) is 3.11. The van der Waals surface area contributed by atoms with E-state index in [9.17, 15) is 5.11 Å². The zero-order valence-corrected chi connectivity index (χ0v) is 18.1. The quantitative estimate of drug-likeness (QED) is 0.308. The zero-order valence-electron chi connectivity index (χ0n) is 16.5. The first-order valence-electron chi connectivity index (χ1n) is 9.20. The van der Waals surface area contributed by atoms with Crippen molar-refractivity contribution in [3.8, 4) is 5.75 Å². The molecular weight excluding hydrogens is 398 g/mol. The van der Waals surface area contributed by atoms with Crippen LogP contribution in [0.1, 0.15) is 29.0 Å². The summed E-state index contributed by atoms with van der Waals surface area (Å²) in [5.41, 5.74) is 2.12. The number of aliphatic hydroxyl groups is 1. The van der Waals surface area contributed by atoms with E-state index in [1.165, 1.54) is 11.3 Å². The minimum atomic E-state index is -0.645. The third-order valence-corrected chi connectivity index (χ3v) is 5.24. The Bertz CT molecular complexity index is 767. The molecule has 0 amide bonds. The van der Waals surface area contributed by atoms with Crippen molar-refractivity contribution < 1.29 is 14.6 Å². The highest BCUT2D eigenvalue weighted by Gasteiger charge is 2.11. The smallest absolute Gasteiger partial charge is 0.191 e. The highest BCUT2D eigenvalue weighted by Crippen LogP contribution is 2.26. The minimum absolute atomic E-state index is 0.341. The van der Waals surface area contributed by atoms with E-state index < -0.39 is 6.10 Å². The van der Waals surface area contributed by atoms with Crippen molar-refractivity contribution in [2.45, 2.75) is 26.5 Å². The van der Waals surface area contributed by atoms with Crippen molar-refractivity contribution in [1.29, 1.82) is 0 Å².